The van der Waals surface area contributed by atoms with Gasteiger partial charge in [0.1, 0.15) is 0 Å². The van der Waals surface area contributed by atoms with Crippen LogP contribution >= 0.6 is 0 Å². The predicted molar refractivity (Wildman–Crippen MR) is 88.5 cm³/mol. The van der Waals surface area contributed by atoms with E-state index in [0.717, 1.165) is 48.0 Å². The van der Waals surface area contributed by atoms with E-state index in [1.54, 1.807) is 0 Å². The highest BCUT2D eigenvalue weighted by Crippen LogP contribution is 2.35. The average molecular weight is 309 g/mol. The summed E-state index contributed by atoms with van der Waals surface area (Å²) in [6.07, 6.45) is 6.25. The van der Waals surface area contributed by atoms with Gasteiger partial charge in [0.15, 0.2) is 0 Å². The van der Waals surface area contributed by atoms with Crippen LogP contribution in [-0.4, -0.2) is 27.8 Å². The molecule has 23 heavy (non-hydrogen) atoms. The van der Waals surface area contributed by atoms with E-state index < -0.39 is 0 Å². The Balaban J connectivity index is 1.89. The maximum atomic E-state index is 12.0. The first-order chi connectivity index (χ1) is 11.3. The summed E-state index contributed by atoms with van der Waals surface area (Å²) in [4.78, 5) is 15.5. The van der Waals surface area contributed by atoms with Gasteiger partial charge in [-0.25, -0.2) is 4.79 Å². The lowest BCUT2D eigenvalue weighted by molar-refractivity contribution is 0.0526. The number of nitrogens with one attached hydrogen (secondary N) is 2. The van der Waals surface area contributed by atoms with Gasteiger partial charge < -0.3 is 9.72 Å². The average Bonchev–Trinajstić information content (AvgIpc) is 3.12. The molecule has 3 aromatic rings. The summed E-state index contributed by atoms with van der Waals surface area (Å²) in [5.41, 5.74) is 6.35. The van der Waals surface area contributed by atoms with Crippen LogP contribution in [0.5, 0.6) is 0 Å². The van der Waals surface area contributed by atoms with Crippen LogP contribution in [0.15, 0.2) is 24.4 Å². The van der Waals surface area contributed by atoms with E-state index in [4.69, 9.17) is 4.74 Å². The second kappa shape index (κ2) is 5.57. The number of carbonyl (C=O) groups is 1. The molecule has 1 aliphatic carbocycles. The van der Waals surface area contributed by atoms with Gasteiger partial charge in [0.05, 0.1) is 29.8 Å². The molecule has 0 fully saturated rings. The second-order valence-electron chi connectivity index (χ2n) is 5.94. The van der Waals surface area contributed by atoms with Crippen molar-refractivity contribution in [2.45, 2.75) is 32.6 Å². The standard InChI is InChI=1S/C18H19N3O2/c1-2-23-18(22)11-7-8-15-14(9-11)13-6-4-3-5-12-10-19-21-16(12)17(13)20-15/h7-10,20H,2-6H2,1H3,(H,19,21). The SMILES string of the molecule is CCOC(=O)c1ccc2[nH]c3c(c2c1)CCCCc1cn[nH]c1-3. The Bertz CT molecular complexity index is 876. The Hall–Kier alpha value is -2.56. The minimum absolute atomic E-state index is 0.266. The first-order valence-corrected chi connectivity index (χ1v) is 8.12. The monoisotopic (exact) mass is 309 g/mol. The number of carbonyl (C=O) groups excluding carboxylic acids is 1. The van der Waals surface area contributed by atoms with E-state index in [0.29, 0.717) is 12.2 Å². The maximum absolute atomic E-state index is 12.0. The van der Waals surface area contributed by atoms with Gasteiger partial charge in [-0.05, 0) is 61.9 Å². The normalized spacial score (nSPS) is 14.0. The van der Waals surface area contributed by atoms with Crippen molar-refractivity contribution in [3.8, 4) is 11.4 Å². The van der Waals surface area contributed by atoms with Crippen LogP contribution in [-0.2, 0) is 17.6 Å². The highest BCUT2D eigenvalue weighted by atomic mass is 16.5. The Kier molecular flexibility index (Phi) is 3.41. The van der Waals surface area contributed by atoms with E-state index in [2.05, 4.69) is 15.2 Å². The maximum Gasteiger partial charge on any atom is 0.338 e. The Morgan fingerprint density at radius 3 is 3.00 bits per heavy atom. The third kappa shape index (κ3) is 2.32. The van der Waals surface area contributed by atoms with E-state index in [1.807, 2.05) is 31.3 Å². The number of esters is 1. The molecule has 2 N–H and O–H groups in total. The van der Waals surface area contributed by atoms with E-state index in [9.17, 15) is 4.79 Å². The zero-order valence-electron chi connectivity index (χ0n) is 13.1. The first-order valence-electron chi connectivity index (χ1n) is 8.12. The van der Waals surface area contributed by atoms with E-state index in [-0.39, 0.29) is 5.97 Å². The molecule has 118 valence electrons. The lowest BCUT2D eigenvalue weighted by Gasteiger charge is -2.10. The van der Waals surface area contributed by atoms with Gasteiger partial charge >= 0.3 is 5.97 Å². The summed E-state index contributed by atoms with van der Waals surface area (Å²) in [5.74, 6) is -0.266. The molecule has 0 radical (unpaired) electrons. The summed E-state index contributed by atoms with van der Waals surface area (Å²) in [7, 11) is 0. The molecule has 2 aromatic heterocycles. The third-order valence-corrected chi connectivity index (χ3v) is 4.51. The fraction of sp³-hybridized carbons (Fsp3) is 0.333. The van der Waals surface area contributed by atoms with Crippen LogP contribution in [0.3, 0.4) is 0 Å². The number of benzene rings is 1. The number of H-pyrrole nitrogens is 2. The van der Waals surface area contributed by atoms with E-state index >= 15 is 0 Å². The number of aromatic nitrogens is 3. The molecule has 1 aliphatic rings. The Morgan fingerprint density at radius 2 is 2.13 bits per heavy atom. The van der Waals surface area contributed by atoms with Crippen molar-refractivity contribution in [1.29, 1.82) is 0 Å². The number of fused-ring (bicyclic) bond motifs is 5. The molecule has 0 bridgehead atoms. The highest BCUT2D eigenvalue weighted by molar-refractivity contribution is 5.98. The minimum Gasteiger partial charge on any atom is -0.462 e. The van der Waals surface area contributed by atoms with Gasteiger partial charge in [-0.1, -0.05) is 0 Å². The zero-order valence-corrected chi connectivity index (χ0v) is 13.1. The molecule has 4 rings (SSSR count). The Labute approximate surface area is 134 Å². The molecule has 5 nitrogen and oxygen atoms in total. The number of aromatic amines is 2. The summed E-state index contributed by atoms with van der Waals surface area (Å²) in [6, 6.07) is 5.72. The fourth-order valence-corrected chi connectivity index (χ4v) is 3.40. The van der Waals surface area contributed by atoms with Crippen molar-refractivity contribution in [3.05, 3.63) is 41.1 Å². The second-order valence-corrected chi connectivity index (χ2v) is 5.94. The molecular weight excluding hydrogens is 290 g/mol. The van der Waals surface area contributed by atoms with Crippen molar-refractivity contribution in [1.82, 2.24) is 15.2 Å². The summed E-state index contributed by atoms with van der Waals surface area (Å²) in [5, 5.41) is 8.44. The first kappa shape index (κ1) is 14.1. The molecule has 0 saturated carbocycles. The van der Waals surface area contributed by atoms with Crippen LogP contribution in [0.2, 0.25) is 0 Å². The van der Waals surface area contributed by atoms with Gasteiger partial charge in [0.2, 0.25) is 0 Å². The third-order valence-electron chi connectivity index (χ3n) is 4.51. The van der Waals surface area contributed by atoms with Gasteiger partial charge in [-0.3, -0.25) is 5.10 Å². The molecule has 0 amide bonds. The van der Waals surface area contributed by atoms with Crippen LogP contribution in [0.4, 0.5) is 0 Å². The van der Waals surface area contributed by atoms with Gasteiger partial charge in [0.25, 0.3) is 0 Å². The molecule has 1 aromatic carbocycles. The molecule has 5 heteroatoms. The topological polar surface area (TPSA) is 70.8 Å². The number of hydrogen-bond donors (Lipinski definition) is 2. The van der Waals surface area contributed by atoms with Crippen molar-refractivity contribution in [3.63, 3.8) is 0 Å². The van der Waals surface area contributed by atoms with Crippen molar-refractivity contribution in [2.24, 2.45) is 0 Å². The highest BCUT2D eigenvalue weighted by Gasteiger charge is 2.20. The summed E-state index contributed by atoms with van der Waals surface area (Å²) >= 11 is 0. The van der Waals surface area contributed by atoms with Crippen LogP contribution in [0.1, 0.15) is 41.3 Å². The van der Waals surface area contributed by atoms with Crippen LogP contribution < -0.4 is 0 Å². The zero-order chi connectivity index (χ0) is 15.8. The predicted octanol–water partition coefficient (Wildman–Crippen LogP) is 3.61. The smallest absolute Gasteiger partial charge is 0.338 e. The molecule has 0 aliphatic heterocycles. The molecule has 2 heterocycles. The summed E-state index contributed by atoms with van der Waals surface area (Å²) < 4.78 is 5.12. The van der Waals surface area contributed by atoms with Crippen molar-refractivity contribution in [2.75, 3.05) is 6.61 Å². The fourth-order valence-electron chi connectivity index (χ4n) is 3.40. The van der Waals surface area contributed by atoms with Gasteiger partial charge in [0, 0.05) is 10.9 Å². The van der Waals surface area contributed by atoms with Crippen molar-refractivity contribution >= 4 is 16.9 Å². The van der Waals surface area contributed by atoms with Crippen LogP contribution in [0.25, 0.3) is 22.3 Å². The number of nitrogens with zero attached hydrogens (tertiary/aromatic N) is 1. The number of rotatable bonds is 2. The molecular formula is C18H19N3O2. The summed E-state index contributed by atoms with van der Waals surface area (Å²) in [6.45, 7) is 2.21. The van der Waals surface area contributed by atoms with Gasteiger partial charge in [-0.15, -0.1) is 0 Å². The Morgan fingerprint density at radius 1 is 1.26 bits per heavy atom. The molecule has 0 unspecified atom stereocenters. The number of ether oxygens (including phenoxy) is 1. The quantitative estimate of drug-likeness (QED) is 0.710. The number of aryl methyl sites for hydroxylation is 2. The molecule has 0 atom stereocenters. The minimum atomic E-state index is -0.266. The van der Waals surface area contributed by atoms with E-state index in [1.165, 1.54) is 11.1 Å². The number of hydrogen-bond acceptors (Lipinski definition) is 3. The lowest BCUT2D eigenvalue weighted by atomic mass is 9.95. The van der Waals surface area contributed by atoms with Gasteiger partial charge in [-0.2, -0.15) is 5.10 Å². The van der Waals surface area contributed by atoms with Crippen molar-refractivity contribution < 1.29 is 9.53 Å². The largest absolute Gasteiger partial charge is 0.462 e. The molecule has 0 saturated heterocycles. The lowest BCUT2D eigenvalue weighted by Crippen LogP contribution is -2.04. The van der Waals surface area contributed by atoms with Crippen LogP contribution in [0, 0.1) is 0 Å². The molecule has 0 spiro atoms.